The fourth-order valence-corrected chi connectivity index (χ4v) is 2.73. The molecule has 1 aromatic heterocycles. The van der Waals surface area contributed by atoms with Gasteiger partial charge in [-0.05, 0) is 48.4 Å². The Hall–Kier alpha value is -3.87. The summed E-state index contributed by atoms with van der Waals surface area (Å²) in [5.74, 6) is -0.960. The summed E-state index contributed by atoms with van der Waals surface area (Å²) in [7, 11) is 1.44. The number of carbonyl (C=O) groups is 2. The normalized spacial score (nSPS) is 15.0. The van der Waals surface area contributed by atoms with E-state index < -0.39 is 11.7 Å². The first-order chi connectivity index (χ1) is 13.9. The van der Waals surface area contributed by atoms with Crippen molar-refractivity contribution in [1.29, 1.82) is 5.41 Å². The first-order valence-electron chi connectivity index (χ1n) is 8.92. The summed E-state index contributed by atoms with van der Waals surface area (Å²) in [6.07, 6.45) is 6.14. The highest BCUT2D eigenvalue weighted by Gasteiger charge is 2.19. The van der Waals surface area contributed by atoms with Gasteiger partial charge in [0.15, 0.2) is 5.78 Å². The van der Waals surface area contributed by atoms with Crippen LogP contribution in [0.1, 0.15) is 28.4 Å². The van der Waals surface area contributed by atoms with Crippen molar-refractivity contribution in [3.05, 3.63) is 88.4 Å². The van der Waals surface area contributed by atoms with Gasteiger partial charge in [0.05, 0.1) is 18.2 Å². The number of benzene rings is 1. The molecule has 0 aliphatic heterocycles. The van der Waals surface area contributed by atoms with Crippen LogP contribution in [-0.2, 0) is 16.0 Å². The monoisotopic (exact) mass is 392 g/mol. The van der Waals surface area contributed by atoms with E-state index in [9.17, 15) is 14.7 Å². The van der Waals surface area contributed by atoms with Crippen LogP contribution < -0.4 is 10.9 Å². The summed E-state index contributed by atoms with van der Waals surface area (Å²) >= 11 is 0. The Morgan fingerprint density at radius 1 is 1.24 bits per heavy atom. The molecule has 148 valence electrons. The van der Waals surface area contributed by atoms with Crippen LogP contribution in [-0.4, -0.2) is 23.9 Å². The maximum atomic E-state index is 12.6. The molecule has 1 amide bonds. The number of ether oxygens (including phenoxy) is 1. The molecule has 0 unspecified atom stereocenters. The van der Waals surface area contributed by atoms with Crippen LogP contribution in [0.15, 0.2) is 70.6 Å². The molecule has 0 radical (unpaired) electrons. The quantitative estimate of drug-likeness (QED) is 0.532. The van der Waals surface area contributed by atoms with Gasteiger partial charge >= 0.3 is 0 Å². The lowest BCUT2D eigenvalue weighted by Gasteiger charge is -2.11. The van der Waals surface area contributed by atoms with Crippen LogP contribution >= 0.6 is 0 Å². The van der Waals surface area contributed by atoms with E-state index in [2.05, 4.69) is 5.32 Å². The summed E-state index contributed by atoms with van der Waals surface area (Å²) in [5, 5.41) is 21.1. The van der Waals surface area contributed by atoms with Crippen LogP contribution in [0.4, 0.5) is 5.69 Å². The van der Waals surface area contributed by atoms with Crippen LogP contribution in [0.25, 0.3) is 5.76 Å². The van der Waals surface area contributed by atoms with Gasteiger partial charge in [-0.25, -0.2) is 0 Å². The number of allylic oxidation sites excluding steroid dienone is 4. The first kappa shape index (κ1) is 19.9. The second kappa shape index (κ2) is 8.43. The van der Waals surface area contributed by atoms with Gasteiger partial charge in [-0.15, -0.1) is 0 Å². The zero-order valence-corrected chi connectivity index (χ0v) is 16.0. The van der Waals surface area contributed by atoms with E-state index in [0.717, 1.165) is 18.2 Å². The van der Waals surface area contributed by atoms with Gasteiger partial charge in [-0.3, -0.25) is 15.0 Å². The molecule has 1 aliphatic carbocycles. The Labute approximate surface area is 167 Å². The number of rotatable bonds is 5. The lowest BCUT2D eigenvalue weighted by atomic mass is 10.0. The summed E-state index contributed by atoms with van der Waals surface area (Å²) in [5.41, 5.74) is 1.35. The molecular formula is C22H20N2O5. The molecule has 1 aliphatic rings. The van der Waals surface area contributed by atoms with Crippen molar-refractivity contribution in [1.82, 2.24) is 0 Å². The number of methoxy groups -OCH3 is 1. The highest BCUT2D eigenvalue weighted by Crippen LogP contribution is 2.23. The van der Waals surface area contributed by atoms with Crippen LogP contribution in [0.2, 0.25) is 0 Å². The number of amides is 1. The minimum absolute atomic E-state index is 0.00112. The highest BCUT2D eigenvalue weighted by molar-refractivity contribution is 6.12. The average molecular weight is 392 g/mol. The molecule has 0 bridgehead atoms. The smallest absolute Gasteiger partial charge is 0.261 e. The molecule has 7 nitrogen and oxygen atoms in total. The summed E-state index contributed by atoms with van der Waals surface area (Å²) < 4.78 is 10.2. The predicted octanol–water partition coefficient (Wildman–Crippen LogP) is 3.51. The molecule has 0 spiro atoms. The Kier molecular flexibility index (Phi) is 5.78. The minimum Gasteiger partial charge on any atom is -0.506 e. The lowest BCUT2D eigenvalue weighted by molar-refractivity contribution is -0.111. The van der Waals surface area contributed by atoms with Gasteiger partial charge in [0.2, 0.25) is 5.55 Å². The highest BCUT2D eigenvalue weighted by atomic mass is 16.5. The molecule has 0 atom stereocenters. The van der Waals surface area contributed by atoms with Gasteiger partial charge in [-0.1, -0.05) is 19.1 Å². The van der Waals surface area contributed by atoms with E-state index in [1.807, 2.05) is 19.1 Å². The number of aliphatic hydroxyl groups is 1. The summed E-state index contributed by atoms with van der Waals surface area (Å²) in [6, 6.07) is 8.64. The largest absolute Gasteiger partial charge is 0.506 e. The molecule has 3 N–H and O–H groups in total. The Morgan fingerprint density at radius 2 is 1.97 bits per heavy atom. The number of anilines is 1. The van der Waals surface area contributed by atoms with E-state index in [-0.39, 0.29) is 28.0 Å². The van der Waals surface area contributed by atoms with Gasteiger partial charge in [0.1, 0.15) is 23.3 Å². The van der Waals surface area contributed by atoms with E-state index >= 15 is 0 Å². The number of aliphatic hydroxyl groups excluding tert-OH is 1. The van der Waals surface area contributed by atoms with E-state index in [0.29, 0.717) is 11.4 Å². The third kappa shape index (κ3) is 4.35. The van der Waals surface area contributed by atoms with Crippen molar-refractivity contribution >= 4 is 23.1 Å². The molecule has 1 heterocycles. The summed E-state index contributed by atoms with van der Waals surface area (Å²) in [6.45, 7) is 2.03. The van der Waals surface area contributed by atoms with Crippen LogP contribution in [0.5, 0.6) is 0 Å². The Bertz CT molecular complexity index is 1100. The Morgan fingerprint density at radius 3 is 2.62 bits per heavy atom. The van der Waals surface area contributed by atoms with Crippen molar-refractivity contribution in [2.24, 2.45) is 0 Å². The second-order valence-electron chi connectivity index (χ2n) is 6.29. The molecule has 2 aromatic rings. The third-order valence-corrected chi connectivity index (χ3v) is 4.43. The fraction of sp³-hybridized carbons (Fsp3) is 0.136. The maximum Gasteiger partial charge on any atom is 0.261 e. The van der Waals surface area contributed by atoms with Crippen molar-refractivity contribution in [3.8, 4) is 0 Å². The van der Waals surface area contributed by atoms with Gasteiger partial charge in [0.25, 0.3) is 5.91 Å². The number of ketones is 1. The zero-order chi connectivity index (χ0) is 21.0. The number of hydrogen-bond acceptors (Lipinski definition) is 6. The standard InChI is InChI=1S/C22H20N2O5/c1-3-13-4-6-15(7-5-13)24-22(27)18-10-14(12-29-21(18)23)20(26)17-11-16(28-2)8-9-19(17)25/h4-12,23,26H,3H2,1-2H3,(H,24,27)/b20-17+,23-21?. The molecule has 1 aromatic carbocycles. The third-order valence-electron chi connectivity index (χ3n) is 4.43. The van der Waals surface area contributed by atoms with E-state index in [1.165, 1.54) is 31.4 Å². The maximum absolute atomic E-state index is 12.6. The number of carbonyl (C=O) groups excluding carboxylic acids is 2. The minimum atomic E-state index is -0.564. The fourth-order valence-electron chi connectivity index (χ4n) is 2.73. The molecular weight excluding hydrogens is 372 g/mol. The molecule has 3 rings (SSSR count). The van der Waals surface area contributed by atoms with E-state index in [4.69, 9.17) is 14.6 Å². The lowest BCUT2D eigenvalue weighted by Crippen LogP contribution is -2.21. The molecule has 29 heavy (non-hydrogen) atoms. The predicted molar refractivity (Wildman–Crippen MR) is 107 cm³/mol. The molecule has 0 fully saturated rings. The number of hydrogen-bond donors (Lipinski definition) is 3. The van der Waals surface area contributed by atoms with Crippen molar-refractivity contribution in [3.63, 3.8) is 0 Å². The van der Waals surface area contributed by atoms with Crippen molar-refractivity contribution in [2.75, 3.05) is 12.4 Å². The molecule has 7 heteroatoms. The molecule has 0 saturated heterocycles. The average Bonchev–Trinajstić information content (AvgIpc) is 2.74. The number of nitrogens with one attached hydrogen (secondary N) is 2. The summed E-state index contributed by atoms with van der Waals surface area (Å²) in [4.78, 5) is 24.7. The van der Waals surface area contributed by atoms with Gasteiger partial charge in [-0.2, -0.15) is 0 Å². The van der Waals surface area contributed by atoms with Crippen molar-refractivity contribution < 1.29 is 23.8 Å². The first-order valence-corrected chi connectivity index (χ1v) is 8.92. The molecule has 0 saturated carbocycles. The van der Waals surface area contributed by atoms with Crippen LogP contribution in [0.3, 0.4) is 0 Å². The van der Waals surface area contributed by atoms with Gasteiger partial charge < -0.3 is 19.6 Å². The number of aryl methyl sites for hydroxylation is 1. The topological polar surface area (TPSA) is 113 Å². The van der Waals surface area contributed by atoms with Crippen molar-refractivity contribution in [2.45, 2.75) is 13.3 Å². The Balaban J connectivity index is 1.93. The zero-order valence-electron chi connectivity index (χ0n) is 16.0. The SMILES string of the molecule is CCc1ccc(NC(=O)c2cc(/C(O)=C3/C=C(OC)C=CC3=O)coc2=N)cc1. The second-order valence-corrected chi connectivity index (χ2v) is 6.29. The van der Waals surface area contributed by atoms with E-state index in [1.54, 1.807) is 12.1 Å². The van der Waals surface area contributed by atoms with Crippen LogP contribution in [0, 0.1) is 5.41 Å². The van der Waals surface area contributed by atoms with Gasteiger partial charge in [0, 0.05) is 5.69 Å².